The van der Waals surface area contributed by atoms with E-state index in [4.69, 9.17) is 5.73 Å². The summed E-state index contributed by atoms with van der Waals surface area (Å²) < 4.78 is 2.42. The van der Waals surface area contributed by atoms with Crippen LogP contribution in [-0.4, -0.2) is 4.57 Å². The minimum Gasteiger partial charge on any atom is -0.345 e. The van der Waals surface area contributed by atoms with Crippen LogP contribution in [0.25, 0.3) is 10.9 Å². The molecular formula is C17H25N3. The lowest BCUT2D eigenvalue weighted by atomic mass is 9.98. The standard InChI is InChI=1S/C17H25N3/c1-4-6-15(18)17-11(3)20(5-2)16-8-13-10-19-9-12(13)7-14(16)17/h7-8,15,19H,4-6,9-10,18H2,1-3H3. The van der Waals surface area contributed by atoms with Crippen molar-refractivity contribution in [2.24, 2.45) is 5.73 Å². The first-order valence-corrected chi connectivity index (χ1v) is 7.78. The molecule has 0 saturated heterocycles. The maximum atomic E-state index is 6.46. The average molecular weight is 271 g/mol. The van der Waals surface area contributed by atoms with Crippen molar-refractivity contribution >= 4 is 10.9 Å². The monoisotopic (exact) mass is 271 g/mol. The lowest BCUT2D eigenvalue weighted by molar-refractivity contribution is 0.631. The number of nitrogens with two attached hydrogens (primary N) is 1. The molecule has 0 spiro atoms. The summed E-state index contributed by atoms with van der Waals surface area (Å²) >= 11 is 0. The summed E-state index contributed by atoms with van der Waals surface area (Å²) in [5.74, 6) is 0. The molecule has 1 atom stereocenters. The largest absolute Gasteiger partial charge is 0.345 e. The molecule has 0 saturated carbocycles. The van der Waals surface area contributed by atoms with Gasteiger partial charge in [-0.3, -0.25) is 0 Å². The molecule has 108 valence electrons. The van der Waals surface area contributed by atoms with Crippen molar-refractivity contribution < 1.29 is 0 Å². The number of fused-ring (bicyclic) bond motifs is 2. The second-order valence-corrected chi connectivity index (χ2v) is 5.88. The number of nitrogens with one attached hydrogen (secondary N) is 1. The Kier molecular flexibility index (Phi) is 3.57. The van der Waals surface area contributed by atoms with Crippen LogP contribution in [0.3, 0.4) is 0 Å². The van der Waals surface area contributed by atoms with Gasteiger partial charge < -0.3 is 15.6 Å². The van der Waals surface area contributed by atoms with Crippen molar-refractivity contribution in [3.05, 3.63) is 34.5 Å². The summed E-state index contributed by atoms with van der Waals surface area (Å²) in [5.41, 5.74) is 13.4. The molecular weight excluding hydrogens is 246 g/mol. The van der Waals surface area contributed by atoms with E-state index >= 15 is 0 Å². The highest BCUT2D eigenvalue weighted by atomic mass is 15.0. The van der Waals surface area contributed by atoms with Crippen LogP contribution in [0.4, 0.5) is 0 Å². The molecule has 0 radical (unpaired) electrons. The van der Waals surface area contributed by atoms with E-state index in [9.17, 15) is 0 Å². The summed E-state index contributed by atoms with van der Waals surface area (Å²) in [5, 5.41) is 4.81. The Morgan fingerprint density at radius 3 is 2.60 bits per heavy atom. The second kappa shape index (κ2) is 5.23. The zero-order valence-corrected chi connectivity index (χ0v) is 12.8. The van der Waals surface area contributed by atoms with Gasteiger partial charge in [-0.05, 0) is 49.1 Å². The van der Waals surface area contributed by atoms with E-state index in [1.807, 2.05) is 0 Å². The third-order valence-electron chi connectivity index (χ3n) is 4.61. The first-order valence-electron chi connectivity index (χ1n) is 7.78. The van der Waals surface area contributed by atoms with Crippen molar-refractivity contribution in [3.63, 3.8) is 0 Å². The Morgan fingerprint density at radius 1 is 1.25 bits per heavy atom. The van der Waals surface area contributed by atoms with Crippen molar-refractivity contribution in [1.82, 2.24) is 9.88 Å². The van der Waals surface area contributed by atoms with E-state index < -0.39 is 0 Å². The van der Waals surface area contributed by atoms with Gasteiger partial charge in [0.2, 0.25) is 0 Å². The van der Waals surface area contributed by atoms with Gasteiger partial charge in [0, 0.05) is 42.3 Å². The first kappa shape index (κ1) is 13.7. The molecule has 3 N–H and O–H groups in total. The van der Waals surface area contributed by atoms with Gasteiger partial charge >= 0.3 is 0 Å². The molecule has 1 aliphatic rings. The van der Waals surface area contributed by atoms with Crippen molar-refractivity contribution in [3.8, 4) is 0 Å². The average Bonchev–Trinajstić information content (AvgIpc) is 2.97. The van der Waals surface area contributed by atoms with E-state index in [2.05, 4.69) is 42.8 Å². The van der Waals surface area contributed by atoms with Crippen molar-refractivity contribution in [2.45, 2.75) is 59.3 Å². The minimum atomic E-state index is 0.155. The lowest BCUT2D eigenvalue weighted by Gasteiger charge is -2.12. The second-order valence-electron chi connectivity index (χ2n) is 5.88. The van der Waals surface area contributed by atoms with Gasteiger partial charge in [-0.1, -0.05) is 13.3 Å². The highest BCUT2D eigenvalue weighted by molar-refractivity contribution is 5.87. The van der Waals surface area contributed by atoms with Crippen LogP contribution in [0.2, 0.25) is 0 Å². The molecule has 0 fully saturated rings. The minimum absolute atomic E-state index is 0.155. The molecule has 1 aromatic carbocycles. The fourth-order valence-corrected chi connectivity index (χ4v) is 3.63. The molecule has 2 heterocycles. The molecule has 2 aromatic rings. The van der Waals surface area contributed by atoms with Crippen LogP contribution in [0, 0.1) is 6.92 Å². The molecule has 1 aromatic heterocycles. The van der Waals surface area contributed by atoms with Crippen LogP contribution in [0.15, 0.2) is 12.1 Å². The molecule has 1 aliphatic heterocycles. The fourth-order valence-electron chi connectivity index (χ4n) is 3.63. The number of aryl methyl sites for hydroxylation is 1. The first-order chi connectivity index (χ1) is 9.67. The van der Waals surface area contributed by atoms with Gasteiger partial charge in [0.15, 0.2) is 0 Å². The van der Waals surface area contributed by atoms with Gasteiger partial charge in [-0.15, -0.1) is 0 Å². The van der Waals surface area contributed by atoms with Crippen LogP contribution >= 0.6 is 0 Å². The normalized spacial score (nSPS) is 15.8. The van der Waals surface area contributed by atoms with Gasteiger partial charge in [0.25, 0.3) is 0 Å². The Labute approximate surface area is 121 Å². The van der Waals surface area contributed by atoms with Crippen LogP contribution in [0.1, 0.15) is 55.1 Å². The molecule has 3 rings (SSSR count). The number of nitrogens with zero attached hydrogens (tertiary/aromatic N) is 1. The van der Waals surface area contributed by atoms with E-state index in [1.165, 1.54) is 33.3 Å². The fraction of sp³-hybridized carbons (Fsp3) is 0.529. The number of hydrogen-bond donors (Lipinski definition) is 2. The molecule has 0 aliphatic carbocycles. The van der Waals surface area contributed by atoms with Gasteiger partial charge in [-0.25, -0.2) is 0 Å². The summed E-state index contributed by atoms with van der Waals surface area (Å²) in [7, 11) is 0. The quantitative estimate of drug-likeness (QED) is 0.895. The van der Waals surface area contributed by atoms with Gasteiger partial charge in [0.05, 0.1) is 0 Å². The molecule has 3 nitrogen and oxygen atoms in total. The number of aromatic nitrogens is 1. The highest BCUT2D eigenvalue weighted by Gasteiger charge is 2.21. The number of rotatable bonds is 4. The SMILES string of the molecule is CCCC(N)c1c(C)n(CC)c2cc3c(cc12)CNC3. The summed E-state index contributed by atoms with van der Waals surface area (Å²) in [6.07, 6.45) is 2.19. The predicted octanol–water partition coefficient (Wildman–Crippen LogP) is 3.37. The highest BCUT2D eigenvalue weighted by Crippen LogP contribution is 2.34. The number of hydrogen-bond acceptors (Lipinski definition) is 2. The smallest absolute Gasteiger partial charge is 0.0489 e. The Balaban J connectivity index is 2.25. The summed E-state index contributed by atoms with van der Waals surface area (Å²) in [6.45, 7) is 9.63. The zero-order chi connectivity index (χ0) is 14.3. The Bertz CT molecular complexity index is 639. The summed E-state index contributed by atoms with van der Waals surface area (Å²) in [6, 6.07) is 4.89. The van der Waals surface area contributed by atoms with E-state index in [1.54, 1.807) is 0 Å². The Hall–Kier alpha value is -1.32. The molecule has 1 unspecified atom stereocenters. The Morgan fingerprint density at radius 2 is 1.95 bits per heavy atom. The van der Waals surface area contributed by atoms with E-state index in [-0.39, 0.29) is 6.04 Å². The van der Waals surface area contributed by atoms with Gasteiger partial charge in [-0.2, -0.15) is 0 Å². The lowest BCUT2D eigenvalue weighted by Crippen LogP contribution is -2.11. The molecule has 0 bridgehead atoms. The molecule has 0 amide bonds. The summed E-state index contributed by atoms with van der Waals surface area (Å²) in [4.78, 5) is 0. The number of benzene rings is 1. The van der Waals surface area contributed by atoms with Crippen LogP contribution < -0.4 is 11.1 Å². The van der Waals surface area contributed by atoms with E-state index in [0.717, 1.165) is 32.5 Å². The predicted molar refractivity (Wildman–Crippen MR) is 84.7 cm³/mol. The van der Waals surface area contributed by atoms with E-state index in [0.29, 0.717) is 0 Å². The van der Waals surface area contributed by atoms with Crippen molar-refractivity contribution in [1.29, 1.82) is 0 Å². The third kappa shape index (κ3) is 1.97. The maximum absolute atomic E-state index is 6.46. The maximum Gasteiger partial charge on any atom is 0.0489 e. The third-order valence-corrected chi connectivity index (χ3v) is 4.61. The van der Waals surface area contributed by atoms with Crippen LogP contribution in [0.5, 0.6) is 0 Å². The molecule has 20 heavy (non-hydrogen) atoms. The van der Waals surface area contributed by atoms with Crippen molar-refractivity contribution in [2.75, 3.05) is 0 Å². The molecule has 3 heteroatoms. The topological polar surface area (TPSA) is 43.0 Å². The zero-order valence-electron chi connectivity index (χ0n) is 12.8. The van der Waals surface area contributed by atoms with Gasteiger partial charge in [0.1, 0.15) is 0 Å². The van der Waals surface area contributed by atoms with Crippen LogP contribution in [-0.2, 0) is 19.6 Å².